The molecule has 1 atom stereocenters. The van der Waals surface area contributed by atoms with Gasteiger partial charge < -0.3 is 16.2 Å². The van der Waals surface area contributed by atoms with Gasteiger partial charge in [0, 0.05) is 18.7 Å². The quantitative estimate of drug-likeness (QED) is 0.292. The van der Waals surface area contributed by atoms with Gasteiger partial charge in [-0.3, -0.25) is 9.59 Å². The topological polar surface area (TPSA) is 92.4 Å². The lowest BCUT2D eigenvalue weighted by Gasteiger charge is -2.09. The van der Waals surface area contributed by atoms with Crippen molar-refractivity contribution in [1.29, 1.82) is 0 Å². The molecule has 0 saturated heterocycles. The molecule has 0 radical (unpaired) electrons. The van der Waals surface area contributed by atoms with Gasteiger partial charge in [0.25, 0.3) is 0 Å². The van der Waals surface area contributed by atoms with E-state index in [1.807, 2.05) is 0 Å². The maximum atomic E-state index is 11.4. The SMILES string of the molecule is N[C@@H](CS)C(=O)NCCCCCCCCCCCC(=O)O. The van der Waals surface area contributed by atoms with E-state index in [1.165, 1.54) is 25.7 Å². The molecule has 0 spiro atoms. The highest BCUT2D eigenvalue weighted by molar-refractivity contribution is 7.80. The zero-order chi connectivity index (χ0) is 15.9. The lowest BCUT2D eigenvalue weighted by Crippen LogP contribution is -2.42. The summed E-state index contributed by atoms with van der Waals surface area (Å²) in [5.41, 5.74) is 5.54. The number of aliphatic carboxylic acids is 1. The molecule has 0 aliphatic rings. The van der Waals surface area contributed by atoms with Gasteiger partial charge in [0.15, 0.2) is 0 Å². The van der Waals surface area contributed by atoms with Gasteiger partial charge in [-0.05, 0) is 12.8 Å². The van der Waals surface area contributed by atoms with Gasteiger partial charge in [0.1, 0.15) is 0 Å². The average Bonchev–Trinajstić information content (AvgIpc) is 2.46. The van der Waals surface area contributed by atoms with Gasteiger partial charge in [-0.2, -0.15) is 12.6 Å². The third-order valence-corrected chi connectivity index (χ3v) is 3.79. The van der Waals surface area contributed by atoms with Gasteiger partial charge in [0.05, 0.1) is 6.04 Å². The molecule has 6 heteroatoms. The molecule has 0 aromatic heterocycles. The van der Waals surface area contributed by atoms with Gasteiger partial charge in [0.2, 0.25) is 5.91 Å². The molecule has 0 unspecified atom stereocenters. The molecular weight excluding hydrogens is 288 g/mol. The average molecular weight is 318 g/mol. The predicted molar refractivity (Wildman–Crippen MR) is 88.6 cm³/mol. The first-order valence-electron chi connectivity index (χ1n) is 7.94. The molecule has 5 nitrogen and oxygen atoms in total. The fourth-order valence-corrected chi connectivity index (χ4v) is 2.23. The Hall–Kier alpha value is -0.750. The van der Waals surface area contributed by atoms with Crippen LogP contribution in [0.3, 0.4) is 0 Å². The highest BCUT2D eigenvalue weighted by Crippen LogP contribution is 2.10. The number of carbonyl (C=O) groups is 2. The van der Waals surface area contributed by atoms with Crippen molar-refractivity contribution in [3.63, 3.8) is 0 Å². The van der Waals surface area contributed by atoms with Crippen LogP contribution in [0.4, 0.5) is 0 Å². The third-order valence-electron chi connectivity index (χ3n) is 3.40. The zero-order valence-electron chi connectivity index (χ0n) is 12.9. The smallest absolute Gasteiger partial charge is 0.303 e. The van der Waals surface area contributed by atoms with Crippen LogP contribution < -0.4 is 11.1 Å². The molecule has 4 N–H and O–H groups in total. The molecule has 0 heterocycles. The summed E-state index contributed by atoms with van der Waals surface area (Å²) in [5.74, 6) is -0.443. The molecule has 0 rings (SSSR count). The number of nitrogens with two attached hydrogens (primary N) is 1. The van der Waals surface area contributed by atoms with Crippen molar-refractivity contribution in [2.75, 3.05) is 12.3 Å². The molecule has 0 saturated carbocycles. The Bertz CT molecular complexity index is 288. The van der Waals surface area contributed by atoms with Crippen molar-refractivity contribution in [3.8, 4) is 0 Å². The van der Waals surface area contributed by atoms with Crippen molar-refractivity contribution < 1.29 is 14.7 Å². The minimum Gasteiger partial charge on any atom is -0.481 e. The van der Waals surface area contributed by atoms with E-state index in [2.05, 4.69) is 17.9 Å². The predicted octanol–water partition coefficient (Wildman–Crippen LogP) is 2.35. The van der Waals surface area contributed by atoms with Crippen molar-refractivity contribution in [3.05, 3.63) is 0 Å². The second-order valence-corrected chi connectivity index (χ2v) is 5.77. The van der Waals surface area contributed by atoms with Crippen LogP contribution in [0.15, 0.2) is 0 Å². The first-order valence-corrected chi connectivity index (χ1v) is 8.57. The second kappa shape index (κ2) is 14.2. The monoisotopic (exact) mass is 318 g/mol. The number of unbranched alkanes of at least 4 members (excludes halogenated alkanes) is 8. The summed E-state index contributed by atoms with van der Waals surface area (Å²) in [6.07, 6.45) is 10.1. The van der Waals surface area contributed by atoms with Gasteiger partial charge in [-0.1, -0.05) is 44.9 Å². The van der Waals surface area contributed by atoms with E-state index in [1.54, 1.807) is 0 Å². The van der Waals surface area contributed by atoms with Crippen LogP contribution in [0.5, 0.6) is 0 Å². The number of rotatable bonds is 14. The largest absolute Gasteiger partial charge is 0.481 e. The fourth-order valence-electron chi connectivity index (χ4n) is 2.06. The van der Waals surface area contributed by atoms with E-state index in [0.29, 0.717) is 18.7 Å². The molecule has 0 fully saturated rings. The number of amides is 1. The summed E-state index contributed by atoms with van der Waals surface area (Å²) >= 11 is 3.98. The molecule has 0 aromatic carbocycles. The Morgan fingerprint density at radius 1 is 0.952 bits per heavy atom. The number of hydrogen-bond donors (Lipinski definition) is 4. The van der Waals surface area contributed by atoms with Crippen molar-refractivity contribution in [2.45, 2.75) is 70.3 Å². The first-order chi connectivity index (χ1) is 10.1. The zero-order valence-corrected chi connectivity index (χ0v) is 13.7. The fraction of sp³-hybridized carbons (Fsp3) is 0.867. The van der Waals surface area contributed by atoms with E-state index in [4.69, 9.17) is 10.8 Å². The van der Waals surface area contributed by atoms with Gasteiger partial charge in [-0.25, -0.2) is 0 Å². The Morgan fingerprint density at radius 3 is 1.90 bits per heavy atom. The Balaban J connectivity index is 3.16. The maximum absolute atomic E-state index is 11.4. The maximum Gasteiger partial charge on any atom is 0.303 e. The van der Waals surface area contributed by atoms with E-state index in [9.17, 15) is 9.59 Å². The van der Waals surface area contributed by atoms with E-state index >= 15 is 0 Å². The van der Waals surface area contributed by atoms with Crippen LogP contribution in [0, 0.1) is 0 Å². The lowest BCUT2D eigenvalue weighted by molar-refractivity contribution is -0.137. The number of thiol groups is 1. The Labute approximate surface area is 133 Å². The minimum atomic E-state index is -0.697. The number of carbonyl (C=O) groups excluding carboxylic acids is 1. The first kappa shape index (κ1) is 20.2. The lowest BCUT2D eigenvalue weighted by atomic mass is 10.1. The van der Waals surface area contributed by atoms with Crippen LogP contribution >= 0.6 is 12.6 Å². The highest BCUT2D eigenvalue weighted by atomic mass is 32.1. The standard InChI is InChI=1S/C15H30N2O3S/c16-13(12-21)15(20)17-11-9-7-5-3-1-2-4-6-8-10-14(18)19/h13,21H,1-12,16H2,(H,17,20)(H,18,19)/t13-/m0/s1. The van der Waals surface area contributed by atoms with Crippen molar-refractivity contribution in [1.82, 2.24) is 5.32 Å². The summed E-state index contributed by atoms with van der Waals surface area (Å²) in [6.45, 7) is 0.690. The Morgan fingerprint density at radius 2 is 1.43 bits per heavy atom. The van der Waals surface area contributed by atoms with Crippen LogP contribution in [-0.2, 0) is 9.59 Å². The normalized spacial score (nSPS) is 12.1. The number of carboxylic acid groups (broad SMARTS) is 1. The molecule has 21 heavy (non-hydrogen) atoms. The van der Waals surface area contributed by atoms with E-state index < -0.39 is 12.0 Å². The molecule has 0 bridgehead atoms. The van der Waals surface area contributed by atoms with Crippen molar-refractivity contribution in [2.24, 2.45) is 5.73 Å². The van der Waals surface area contributed by atoms with Crippen LogP contribution in [0.2, 0.25) is 0 Å². The molecule has 0 aliphatic carbocycles. The Kier molecular flexibility index (Phi) is 13.7. The summed E-state index contributed by atoms with van der Waals surface area (Å²) in [7, 11) is 0. The summed E-state index contributed by atoms with van der Waals surface area (Å²) in [6, 6.07) is -0.505. The molecule has 124 valence electrons. The summed E-state index contributed by atoms with van der Waals surface area (Å²) < 4.78 is 0. The van der Waals surface area contributed by atoms with Crippen LogP contribution in [-0.4, -0.2) is 35.3 Å². The summed E-state index contributed by atoms with van der Waals surface area (Å²) in [4.78, 5) is 21.7. The van der Waals surface area contributed by atoms with Gasteiger partial charge >= 0.3 is 5.97 Å². The highest BCUT2D eigenvalue weighted by Gasteiger charge is 2.09. The van der Waals surface area contributed by atoms with E-state index in [-0.39, 0.29) is 5.91 Å². The molecule has 0 aromatic rings. The summed E-state index contributed by atoms with van der Waals surface area (Å²) in [5, 5.41) is 11.3. The van der Waals surface area contributed by atoms with Crippen LogP contribution in [0.1, 0.15) is 64.2 Å². The van der Waals surface area contributed by atoms with Crippen LogP contribution in [0.25, 0.3) is 0 Å². The number of carboxylic acids is 1. The molecular formula is C15H30N2O3S. The van der Waals surface area contributed by atoms with E-state index in [0.717, 1.165) is 32.1 Å². The number of nitrogens with one attached hydrogen (secondary N) is 1. The third kappa shape index (κ3) is 14.0. The second-order valence-electron chi connectivity index (χ2n) is 5.41. The van der Waals surface area contributed by atoms with Crippen molar-refractivity contribution >= 4 is 24.5 Å². The number of hydrogen-bond acceptors (Lipinski definition) is 4. The van der Waals surface area contributed by atoms with Gasteiger partial charge in [-0.15, -0.1) is 0 Å². The molecule has 1 amide bonds. The molecule has 0 aliphatic heterocycles. The minimum absolute atomic E-state index is 0.119.